The van der Waals surface area contributed by atoms with Crippen LogP contribution in [-0.4, -0.2) is 15.9 Å². The van der Waals surface area contributed by atoms with E-state index >= 15 is 0 Å². The summed E-state index contributed by atoms with van der Waals surface area (Å²) in [7, 11) is 0. The number of aromatic nitrogens is 2. The van der Waals surface area contributed by atoms with E-state index in [-0.39, 0.29) is 5.82 Å². The van der Waals surface area contributed by atoms with Gasteiger partial charge in [-0.15, -0.1) is 0 Å². The van der Waals surface area contributed by atoms with E-state index in [0.717, 1.165) is 35.9 Å². The molecule has 1 N–H and O–H groups in total. The van der Waals surface area contributed by atoms with Crippen LogP contribution >= 0.6 is 11.5 Å². The molecule has 0 aliphatic rings. The van der Waals surface area contributed by atoms with Crippen molar-refractivity contribution in [3.63, 3.8) is 0 Å². The molecule has 0 amide bonds. The molecule has 0 atom stereocenters. The first-order valence-corrected chi connectivity index (χ1v) is 6.36. The number of nitrogens with one attached hydrogen (secondary N) is 1. The highest BCUT2D eigenvalue weighted by molar-refractivity contribution is 7.09. The average molecular weight is 251 g/mol. The van der Waals surface area contributed by atoms with Crippen molar-refractivity contribution in [1.82, 2.24) is 9.36 Å². The topological polar surface area (TPSA) is 37.8 Å². The second kappa shape index (κ2) is 5.72. The van der Waals surface area contributed by atoms with Gasteiger partial charge < -0.3 is 5.32 Å². The van der Waals surface area contributed by atoms with Gasteiger partial charge in [-0.3, -0.25) is 0 Å². The van der Waals surface area contributed by atoms with Gasteiger partial charge in [0.25, 0.3) is 0 Å². The van der Waals surface area contributed by atoms with Crippen LogP contribution in [0.3, 0.4) is 0 Å². The van der Waals surface area contributed by atoms with E-state index < -0.39 is 0 Å². The molecule has 1 aromatic carbocycles. The zero-order valence-corrected chi connectivity index (χ0v) is 10.4. The predicted molar refractivity (Wildman–Crippen MR) is 67.9 cm³/mol. The van der Waals surface area contributed by atoms with Gasteiger partial charge in [-0.1, -0.05) is 19.1 Å². The van der Waals surface area contributed by atoms with Crippen molar-refractivity contribution in [3.05, 3.63) is 41.5 Å². The summed E-state index contributed by atoms with van der Waals surface area (Å²) in [6.45, 7) is 2.76. The summed E-state index contributed by atoms with van der Waals surface area (Å²) < 4.78 is 17.1. The summed E-state index contributed by atoms with van der Waals surface area (Å²) >= 11 is 1.37. The quantitative estimate of drug-likeness (QED) is 0.888. The lowest BCUT2D eigenvalue weighted by molar-refractivity contribution is 0.625. The van der Waals surface area contributed by atoms with Crippen molar-refractivity contribution >= 4 is 16.7 Å². The first-order valence-electron chi connectivity index (χ1n) is 5.59. The fourth-order valence-electron chi connectivity index (χ4n) is 1.48. The lowest BCUT2D eigenvalue weighted by atomic mass is 10.1. The molecule has 3 nitrogen and oxygen atoms in total. The Bertz CT molecular complexity index is 484. The normalized spacial score (nSPS) is 10.5. The number of halogens is 1. The van der Waals surface area contributed by atoms with Gasteiger partial charge in [-0.05, 0) is 24.1 Å². The Morgan fingerprint density at radius 2 is 2.29 bits per heavy atom. The van der Waals surface area contributed by atoms with Gasteiger partial charge in [0.2, 0.25) is 5.13 Å². The lowest BCUT2D eigenvalue weighted by Crippen LogP contribution is -2.04. The van der Waals surface area contributed by atoms with E-state index in [1.165, 1.54) is 17.6 Å². The number of aryl methyl sites for hydroxylation is 1. The Kier molecular flexibility index (Phi) is 4.03. The van der Waals surface area contributed by atoms with Crippen LogP contribution in [0, 0.1) is 5.82 Å². The van der Waals surface area contributed by atoms with Crippen LogP contribution in [0.2, 0.25) is 0 Å². The number of hydrogen-bond acceptors (Lipinski definition) is 4. The largest absolute Gasteiger partial charge is 0.360 e. The minimum absolute atomic E-state index is 0.188. The van der Waals surface area contributed by atoms with Crippen LogP contribution in [-0.2, 0) is 12.8 Å². The van der Waals surface area contributed by atoms with Crippen LogP contribution in [0.1, 0.15) is 18.3 Å². The summed E-state index contributed by atoms with van der Waals surface area (Å²) in [5, 5.41) is 4.02. The molecule has 1 aromatic heterocycles. The summed E-state index contributed by atoms with van der Waals surface area (Å²) in [6, 6.07) is 6.65. The van der Waals surface area contributed by atoms with Crippen molar-refractivity contribution < 1.29 is 4.39 Å². The molecule has 0 aliphatic heterocycles. The van der Waals surface area contributed by atoms with Crippen molar-refractivity contribution in [3.8, 4) is 0 Å². The summed E-state index contributed by atoms with van der Waals surface area (Å²) in [6.07, 6.45) is 1.63. The van der Waals surface area contributed by atoms with Crippen LogP contribution in [0.4, 0.5) is 9.52 Å². The maximum absolute atomic E-state index is 12.9. The predicted octanol–water partition coefficient (Wildman–Crippen LogP) is 2.89. The van der Waals surface area contributed by atoms with E-state index in [4.69, 9.17) is 0 Å². The third-order valence-electron chi connectivity index (χ3n) is 2.36. The minimum atomic E-state index is -0.188. The molecular formula is C12H14FN3S. The second-order valence-corrected chi connectivity index (χ2v) is 4.43. The Morgan fingerprint density at radius 1 is 1.41 bits per heavy atom. The average Bonchev–Trinajstić information content (AvgIpc) is 2.77. The molecule has 2 rings (SSSR count). The molecule has 0 bridgehead atoms. The smallest absolute Gasteiger partial charge is 0.202 e. The molecule has 0 radical (unpaired) electrons. The van der Waals surface area contributed by atoms with Crippen LogP contribution in [0.5, 0.6) is 0 Å². The molecule has 17 heavy (non-hydrogen) atoms. The van der Waals surface area contributed by atoms with Crippen molar-refractivity contribution in [2.75, 3.05) is 11.9 Å². The van der Waals surface area contributed by atoms with E-state index in [1.54, 1.807) is 12.1 Å². The zero-order valence-electron chi connectivity index (χ0n) is 9.61. The second-order valence-electron chi connectivity index (χ2n) is 3.68. The molecule has 5 heteroatoms. The molecule has 0 spiro atoms. The van der Waals surface area contributed by atoms with Gasteiger partial charge in [-0.2, -0.15) is 4.37 Å². The fourth-order valence-corrected chi connectivity index (χ4v) is 2.15. The highest BCUT2D eigenvalue weighted by Gasteiger charge is 2.01. The van der Waals surface area contributed by atoms with Crippen LogP contribution < -0.4 is 5.32 Å². The third-order valence-corrected chi connectivity index (χ3v) is 3.07. The number of anilines is 1. The Balaban J connectivity index is 1.83. The van der Waals surface area contributed by atoms with Gasteiger partial charge >= 0.3 is 0 Å². The third kappa shape index (κ3) is 3.49. The number of hydrogen-bond donors (Lipinski definition) is 1. The molecule has 0 saturated heterocycles. The van der Waals surface area contributed by atoms with Crippen molar-refractivity contribution in [1.29, 1.82) is 0 Å². The van der Waals surface area contributed by atoms with E-state index in [2.05, 4.69) is 14.7 Å². The minimum Gasteiger partial charge on any atom is -0.360 e. The standard InChI is InChI=1S/C12H14FN3S/c1-2-11-15-12(17-16-11)14-7-6-9-4-3-5-10(13)8-9/h3-5,8H,2,6-7H2,1H3,(H,14,15,16). The maximum Gasteiger partial charge on any atom is 0.202 e. The Labute approximate surface area is 104 Å². The van der Waals surface area contributed by atoms with Gasteiger partial charge in [0.15, 0.2) is 0 Å². The Hall–Kier alpha value is -1.49. The Morgan fingerprint density at radius 3 is 3.00 bits per heavy atom. The number of nitrogens with zero attached hydrogens (tertiary/aromatic N) is 2. The SMILES string of the molecule is CCc1nsc(NCCc2cccc(F)c2)n1. The summed E-state index contributed by atoms with van der Waals surface area (Å²) in [4.78, 5) is 4.30. The van der Waals surface area contributed by atoms with Gasteiger partial charge in [0.1, 0.15) is 11.6 Å². The number of rotatable bonds is 5. The molecule has 1 heterocycles. The first kappa shape index (κ1) is 12.0. The molecular weight excluding hydrogens is 237 g/mol. The van der Waals surface area contributed by atoms with Crippen LogP contribution in [0.15, 0.2) is 24.3 Å². The van der Waals surface area contributed by atoms with E-state index in [9.17, 15) is 4.39 Å². The van der Waals surface area contributed by atoms with Crippen molar-refractivity contribution in [2.45, 2.75) is 19.8 Å². The van der Waals surface area contributed by atoms with Gasteiger partial charge in [0, 0.05) is 24.5 Å². The van der Waals surface area contributed by atoms with E-state index in [0.29, 0.717) is 0 Å². The molecule has 0 saturated carbocycles. The summed E-state index contributed by atoms with van der Waals surface area (Å²) in [5.41, 5.74) is 0.984. The van der Waals surface area contributed by atoms with Gasteiger partial charge in [-0.25, -0.2) is 9.37 Å². The molecule has 90 valence electrons. The maximum atomic E-state index is 12.9. The highest BCUT2D eigenvalue weighted by atomic mass is 32.1. The van der Waals surface area contributed by atoms with Crippen molar-refractivity contribution in [2.24, 2.45) is 0 Å². The molecule has 0 aliphatic carbocycles. The van der Waals surface area contributed by atoms with Gasteiger partial charge in [0.05, 0.1) is 0 Å². The first-order chi connectivity index (χ1) is 8.28. The molecule has 0 fully saturated rings. The molecule has 0 unspecified atom stereocenters. The number of benzene rings is 1. The highest BCUT2D eigenvalue weighted by Crippen LogP contribution is 2.11. The van der Waals surface area contributed by atoms with Crippen LogP contribution in [0.25, 0.3) is 0 Å². The lowest BCUT2D eigenvalue weighted by Gasteiger charge is -2.02. The summed E-state index contributed by atoms with van der Waals surface area (Å²) in [5.74, 6) is 0.676. The zero-order chi connectivity index (χ0) is 12.1. The monoisotopic (exact) mass is 251 g/mol. The molecule has 2 aromatic rings. The van der Waals surface area contributed by atoms with E-state index in [1.807, 2.05) is 13.0 Å². The fraction of sp³-hybridized carbons (Fsp3) is 0.333.